The van der Waals surface area contributed by atoms with Crippen LogP contribution in [0.2, 0.25) is 0 Å². The van der Waals surface area contributed by atoms with Crippen LogP contribution in [0.5, 0.6) is 11.5 Å². The SMILES string of the molecule is COc1cc(F)c(NC(=O)C2(N)CCCC2)cc1OC.Cl. The third-order valence-electron chi connectivity index (χ3n) is 3.67. The molecule has 1 saturated carbocycles. The Hall–Kier alpha value is -1.53. The minimum Gasteiger partial charge on any atom is -0.493 e. The highest BCUT2D eigenvalue weighted by Crippen LogP contribution is 2.34. The van der Waals surface area contributed by atoms with Crippen molar-refractivity contribution in [3.63, 3.8) is 0 Å². The zero-order chi connectivity index (χ0) is 14.8. The Balaban J connectivity index is 0.00000220. The van der Waals surface area contributed by atoms with Crippen LogP contribution in [0.3, 0.4) is 0 Å². The maximum absolute atomic E-state index is 13.9. The van der Waals surface area contributed by atoms with E-state index in [0.717, 1.165) is 12.8 Å². The van der Waals surface area contributed by atoms with E-state index in [1.807, 2.05) is 0 Å². The molecule has 0 heterocycles. The van der Waals surface area contributed by atoms with Crippen LogP contribution in [-0.2, 0) is 4.79 Å². The van der Waals surface area contributed by atoms with Crippen LogP contribution in [0.15, 0.2) is 12.1 Å². The fourth-order valence-corrected chi connectivity index (χ4v) is 2.43. The second-order valence-electron chi connectivity index (χ2n) is 5.00. The number of amides is 1. The number of methoxy groups -OCH3 is 2. The Labute approximate surface area is 129 Å². The van der Waals surface area contributed by atoms with Gasteiger partial charge in [0.25, 0.3) is 0 Å². The number of nitrogens with one attached hydrogen (secondary N) is 1. The lowest BCUT2D eigenvalue weighted by Gasteiger charge is -2.22. The summed E-state index contributed by atoms with van der Waals surface area (Å²) in [6, 6.07) is 2.57. The molecule has 0 saturated heterocycles. The molecule has 2 rings (SSSR count). The Morgan fingerprint density at radius 2 is 1.76 bits per heavy atom. The molecule has 0 aliphatic heterocycles. The van der Waals surface area contributed by atoms with Gasteiger partial charge in [0.1, 0.15) is 0 Å². The summed E-state index contributed by atoms with van der Waals surface area (Å²) in [5.74, 6) is -0.327. The molecule has 118 valence electrons. The molecule has 5 nitrogen and oxygen atoms in total. The number of hydrogen-bond donors (Lipinski definition) is 2. The van der Waals surface area contributed by atoms with Crippen LogP contribution in [0.25, 0.3) is 0 Å². The van der Waals surface area contributed by atoms with Crippen molar-refractivity contribution in [2.45, 2.75) is 31.2 Å². The summed E-state index contributed by atoms with van der Waals surface area (Å²) in [6.07, 6.45) is 3.07. The average molecular weight is 319 g/mol. The lowest BCUT2D eigenvalue weighted by atomic mass is 9.98. The van der Waals surface area contributed by atoms with Crippen LogP contribution in [0.1, 0.15) is 25.7 Å². The predicted molar refractivity (Wildman–Crippen MR) is 80.8 cm³/mol. The largest absolute Gasteiger partial charge is 0.493 e. The van der Waals surface area contributed by atoms with Gasteiger partial charge >= 0.3 is 0 Å². The summed E-state index contributed by atoms with van der Waals surface area (Å²) in [6.45, 7) is 0. The molecule has 1 fully saturated rings. The summed E-state index contributed by atoms with van der Waals surface area (Å²) in [4.78, 5) is 12.2. The molecular weight excluding hydrogens is 299 g/mol. The molecule has 1 aliphatic carbocycles. The molecule has 0 unspecified atom stereocenters. The van der Waals surface area contributed by atoms with E-state index in [0.29, 0.717) is 18.6 Å². The molecule has 0 aromatic heterocycles. The number of ether oxygens (including phenoxy) is 2. The van der Waals surface area contributed by atoms with Crippen molar-refractivity contribution in [3.8, 4) is 11.5 Å². The van der Waals surface area contributed by atoms with Gasteiger partial charge in [0.2, 0.25) is 5.91 Å². The zero-order valence-electron chi connectivity index (χ0n) is 12.1. The molecule has 0 atom stereocenters. The zero-order valence-corrected chi connectivity index (χ0v) is 12.9. The number of benzene rings is 1. The lowest BCUT2D eigenvalue weighted by Crippen LogP contribution is -2.48. The van der Waals surface area contributed by atoms with Crippen molar-refractivity contribution in [2.75, 3.05) is 19.5 Å². The van der Waals surface area contributed by atoms with Gasteiger partial charge in [-0.15, -0.1) is 12.4 Å². The fourth-order valence-electron chi connectivity index (χ4n) is 2.43. The quantitative estimate of drug-likeness (QED) is 0.894. The molecule has 0 bridgehead atoms. The first-order valence-corrected chi connectivity index (χ1v) is 6.52. The third kappa shape index (κ3) is 3.57. The van der Waals surface area contributed by atoms with Crippen molar-refractivity contribution >= 4 is 24.0 Å². The molecule has 0 radical (unpaired) electrons. The molecule has 1 amide bonds. The van der Waals surface area contributed by atoms with Crippen molar-refractivity contribution in [1.29, 1.82) is 0 Å². The standard InChI is InChI=1S/C14H19FN2O3.ClH/c1-19-11-7-9(15)10(8-12(11)20-2)17-13(18)14(16)5-3-4-6-14;/h7-8H,3-6,16H2,1-2H3,(H,17,18);1H. The van der Waals surface area contributed by atoms with Crippen molar-refractivity contribution in [2.24, 2.45) is 5.73 Å². The Morgan fingerprint density at radius 3 is 2.29 bits per heavy atom. The topological polar surface area (TPSA) is 73.6 Å². The number of halogens is 2. The molecule has 3 N–H and O–H groups in total. The predicted octanol–water partition coefficient (Wildman–Crippen LogP) is 2.47. The minimum absolute atomic E-state index is 0. The van der Waals surface area contributed by atoms with E-state index in [2.05, 4.69) is 5.32 Å². The van der Waals surface area contributed by atoms with Gasteiger partial charge in [-0.1, -0.05) is 12.8 Å². The van der Waals surface area contributed by atoms with E-state index < -0.39 is 11.4 Å². The molecule has 21 heavy (non-hydrogen) atoms. The lowest BCUT2D eigenvalue weighted by molar-refractivity contribution is -0.121. The van der Waals surface area contributed by atoms with Crippen LogP contribution < -0.4 is 20.5 Å². The maximum atomic E-state index is 13.9. The molecule has 7 heteroatoms. The van der Waals surface area contributed by atoms with Gasteiger partial charge in [0.15, 0.2) is 17.3 Å². The van der Waals surface area contributed by atoms with Crippen LogP contribution in [0, 0.1) is 5.82 Å². The number of carbonyl (C=O) groups is 1. The second kappa shape index (κ2) is 6.95. The van der Waals surface area contributed by atoms with E-state index in [9.17, 15) is 9.18 Å². The summed E-state index contributed by atoms with van der Waals surface area (Å²) < 4.78 is 24.0. The van der Waals surface area contributed by atoms with Gasteiger partial charge in [-0.3, -0.25) is 4.79 Å². The highest BCUT2D eigenvalue weighted by Gasteiger charge is 2.37. The number of hydrogen-bond acceptors (Lipinski definition) is 4. The van der Waals surface area contributed by atoms with Crippen LogP contribution in [-0.4, -0.2) is 25.7 Å². The first-order valence-electron chi connectivity index (χ1n) is 6.52. The van der Waals surface area contributed by atoms with Crippen LogP contribution in [0.4, 0.5) is 10.1 Å². The Morgan fingerprint density at radius 1 is 1.24 bits per heavy atom. The second-order valence-corrected chi connectivity index (χ2v) is 5.00. The van der Waals surface area contributed by atoms with Gasteiger partial charge in [-0.2, -0.15) is 0 Å². The molecule has 1 aliphatic rings. The van der Waals surface area contributed by atoms with Gasteiger partial charge in [0, 0.05) is 12.1 Å². The van der Waals surface area contributed by atoms with Crippen molar-refractivity contribution in [3.05, 3.63) is 17.9 Å². The third-order valence-corrected chi connectivity index (χ3v) is 3.67. The molecule has 0 spiro atoms. The highest BCUT2D eigenvalue weighted by molar-refractivity contribution is 5.98. The minimum atomic E-state index is -0.903. The Bertz CT molecular complexity index is 519. The number of anilines is 1. The summed E-state index contributed by atoms with van der Waals surface area (Å²) in [5.41, 5.74) is 5.18. The van der Waals surface area contributed by atoms with E-state index in [1.54, 1.807) is 0 Å². The van der Waals surface area contributed by atoms with E-state index in [4.69, 9.17) is 15.2 Å². The monoisotopic (exact) mass is 318 g/mol. The molecule has 1 aromatic carbocycles. The number of rotatable bonds is 4. The summed E-state index contributed by atoms with van der Waals surface area (Å²) in [7, 11) is 2.87. The molecular formula is C14H20ClFN2O3. The van der Waals surface area contributed by atoms with Crippen molar-refractivity contribution in [1.82, 2.24) is 0 Å². The van der Waals surface area contributed by atoms with Gasteiger partial charge in [-0.05, 0) is 12.8 Å². The van der Waals surface area contributed by atoms with E-state index >= 15 is 0 Å². The van der Waals surface area contributed by atoms with Gasteiger partial charge in [0.05, 0.1) is 25.4 Å². The first-order chi connectivity index (χ1) is 9.50. The van der Waals surface area contributed by atoms with E-state index in [1.165, 1.54) is 26.4 Å². The highest BCUT2D eigenvalue weighted by atomic mass is 35.5. The normalized spacial score (nSPS) is 16.0. The van der Waals surface area contributed by atoms with Gasteiger partial charge < -0.3 is 20.5 Å². The fraction of sp³-hybridized carbons (Fsp3) is 0.500. The summed E-state index contributed by atoms with van der Waals surface area (Å²) >= 11 is 0. The van der Waals surface area contributed by atoms with Crippen molar-refractivity contribution < 1.29 is 18.7 Å². The number of nitrogens with two attached hydrogens (primary N) is 1. The average Bonchev–Trinajstić information content (AvgIpc) is 2.88. The smallest absolute Gasteiger partial charge is 0.244 e. The summed E-state index contributed by atoms with van der Waals surface area (Å²) in [5, 5.41) is 2.54. The number of carbonyl (C=O) groups excluding carboxylic acids is 1. The van der Waals surface area contributed by atoms with E-state index in [-0.39, 0.29) is 29.8 Å². The first kappa shape index (κ1) is 17.5. The van der Waals surface area contributed by atoms with Gasteiger partial charge in [-0.25, -0.2) is 4.39 Å². The Kier molecular flexibility index (Phi) is 5.80. The maximum Gasteiger partial charge on any atom is 0.244 e. The molecule has 1 aromatic rings. The van der Waals surface area contributed by atoms with Crippen LogP contribution >= 0.6 is 12.4 Å².